The van der Waals surface area contributed by atoms with Crippen LogP contribution in [0.15, 0.2) is 134 Å². The van der Waals surface area contributed by atoms with Crippen molar-refractivity contribution in [3.8, 4) is 0 Å². The molecule has 0 N–H and O–H groups in total. The zero-order chi connectivity index (χ0) is 60.5. The van der Waals surface area contributed by atoms with Crippen LogP contribution >= 0.6 is 0 Å². The molecule has 0 fully saturated rings. The van der Waals surface area contributed by atoms with Gasteiger partial charge >= 0.3 is 11.9 Å². The van der Waals surface area contributed by atoms with Gasteiger partial charge in [-0.25, -0.2) is 0 Å². The van der Waals surface area contributed by atoms with Gasteiger partial charge in [0.05, 0.1) is 40.3 Å². The molecule has 0 aromatic heterocycles. The minimum Gasteiger partial charge on any atom is -0.545 e. The van der Waals surface area contributed by atoms with Crippen LogP contribution in [0.3, 0.4) is 0 Å². The number of quaternary nitrogens is 1. The summed E-state index contributed by atoms with van der Waals surface area (Å²) in [7, 11) is 5.91. The molecule has 0 spiro atoms. The predicted octanol–water partition coefficient (Wildman–Crippen LogP) is 19.2. The van der Waals surface area contributed by atoms with Crippen molar-refractivity contribution in [1.82, 2.24) is 0 Å². The van der Waals surface area contributed by atoms with Crippen LogP contribution in [-0.4, -0.2) is 82.3 Å². The molecule has 0 aliphatic carbocycles. The highest BCUT2D eigenvalue weighted by Crippen LogP contribution is 2.15. The molecule has 0 saturated carbocycles. The van der Waals surface area contributed by atoms with E-state index in [0.717, 1.165) is 122 Å². The van der Waals surface area contributed by atoms with Crippen molar-refractivity contribution >= 4 is 17.9 Å². The number of carboxylic acids is 1. The quantitative estimate of drug-likeness (QED) is 0.0195. The van der Waals surface area contributed by atoms with Gasteiger partial charge in [-0.2, -0.15) is 0 Å². The Balaban J connectivity index is 4.24. The number of likely N-dealkylation sites (N-methyl/N-ethyl adjacent to an activating group) is 1. The third-order valence-corrected chi connectivity index (χ3v) is 13.9. The molecule has 2 atom stereocenters. The lowest BCUT2D eigenvalue weighted by Gasteiger charge is -2.26. The first kappa shape index (κ1) is 78.4. The summed E-state index contributed by atoms with van der Waals surface area (Å²) < 4.78 is 22.7. The number of hydrogen-bond donors (Lipinski definition) is 0. The number of aliphatic carboxylic acids is 1. The van der Waals surface area contributed by atoms with Crippen LogP contribution in [0.1, 0.15) is 258 Å². The molecular weight excluding hydrogens is 1030 g/mol. The van der Waals surface area contributed by atoms with E-state index in [2.05, 4.69) is 148 Å². The third-order valence-electron chi connectivity index (χ3n) is 13.9. The van der Waals surface area contributed by atoms with Gasteiger partial charge in [-0.1, -0.05) is 263 Å². The second-order valence-corrected chi connectivity index (χ2v) is 23.0. The summed E-state index contributed by atoms with van der Waals surface area (Å²) in [6, 6.07) is 0. The summed E-state index contributed by atoms with van der Waals surface area (Å²) in [4.78, 5) is 37.4. The van der Waals surface area contributed by atoms with Crippen molar-refractivity contribution in [2.45, 2.75) is 270 Å². The number of rotatable bonds is 60. The van der Waals surface area contributed by atoms with Gasteiger partial charge in [0.2, 0.25) is 0 Å². The zero-order valence-corrected chi connectivity index (χ0v) is 53.8. The summed E-state index contributed by atoms with van der Waals surface area (Å²) >= 11 is 0. The van der Waals surface area contributed by atoms with Crippen molar-refractivity contribution in [1.29, 1.82) is 0 Å². The molecule has 9 heteroatoms. The molecule has 0 radical (unpaired) electrons. The van der Waals surface area contributed by atoms with E-state index in [-0.39, 0.29) is 38.6 Å². The molecule has 472 valence electrons. The van der Waals surface area contributed by atoms with Gasteiger partial charge in [0.1, 0.15) is 13.2 Å². The van der Waals surface area contributed by atoms with E-state index in [0.29, 0.717) is 17.4 Å². The number of hydrogen-bond acceptors (Lipinski definition) is 8. The van der Waals surface area contributed by atoms with Crippen molar-refractivity contribution in [3.05, 3.63) is 134 Å². The largest absolute Gasteiger partial charge is 0.545 e. The average molecular weight is 1150 g/mol. The number of unbranched alkanes of at least 4 members (excludes halogenated alkanes) is 23. The first-order valence-electron chi connectivity index (χ1n) is 33.3. The number of carbonyl (C=O) groups is 3. The number of ether oxygens (including phenoxy) is 4. The minimum absolute atomic E-state index is 0.138. The standard InChI is InChI=1S/C74H123NO8/c1-6-8-10-12-14-16-18-20-22-24-26-28-29-30-31-32-33-34-35-36-37-38-39-40-41-42-43-45-47-49-51-53-55-57-59-61-63-65-72(77)83-70(69-82-74(73(78)79)80-67-66-75(3,4)5)68-81-71(76)64-62-60-58-56-54-52-50-48-46-44-27-25-23-21-19-17-15-13-11-9-7-2/h8,10,14,16,20,22,25-28,30-31,33-34,36-37,39-40,42-43,47,49,70,74H,6-7,9,11-13,15,17-19,21,23-24,29,32,35,38,41,44-46,48,50-69H2,1-5H3/b10-8-,16-14-,22-20-,27-25-,28-26-,31-30-,34-33-,37-36-,40-39-,43-42-,49-47-. The van der Waals surface area contributed by atoms with Crippen molar-refractivity contribution in [3.63, 3.8) is 0 Å². The van der Waals surface area contributed by atoms with Gasteiger partial charge in [0, 0.05) is 12.8 Å². The second kappa shape index (κ2) is 63.5. The van der Waals surface area contributed by atoms with E-state index in [4.69, 9.17) is 18.9 Å². The zero-order valence-electron chi connectivity index (χ0n) is 53.8. The molecule has 0 rings (SSSR count). The van der Waals surface area contributed by atoms with Crippen LogP contribution in [0.25, 0.3) is 0 Å². The van der Waals surface area contributed by atoms with Crippen LogP contribution in [-0.2, 0) is 33.3 Å². The van der Waals surface area contributed by atoms with E-state index >= 15 is 0 Å². The fraction of sp³-hybridized carbons (Fsp3) is 0.662. The molecule has 0 saturated heterocycles. The lowest BCUT2D eigenvalue weighted by Crippen LogP contribution is -2.44. The smallest absolute Gasteiger partial charge is 0.306 e. The second-order valence-electron chi connectivity index (χ2n) is 23.0. The van der Waals surface area contributed by atoms with E-state index in [1.165, 1.54) is 103 Å². The molecular formula is C74H123NO8. The van der Waals surface area contributed by atoms with Crippen LogP contribution < -0.4 is 5.11 Å². The lowest BCUT2D eigenvalue weighted by molar-refractivity contribution is -0.870. The Hall–Kier alpha value is -4.57. The summed E-state index contributed by atoms with van der Waals surface area (Å²) in [6.07, 6.45) is 88.0. The van der Waals surface area contributed by atoms with Crippen LogP contribution in [0.5, 0.6) is 0 Å². The molecule has 0 heterocycles. The normalized spacial score (nSPS) is 13.6. The number of esters is 2. The Morgan fingerprint density at radius 1 is 0.373 bits per heavy atom. The third kappa shape index (κ3) is 64.8. The molecule has 0 aliphatic heterocycles. The Kier molecular flexibility index (Phi) is 60.0. The topological polar surface area (TPSA) is 111 Å². The molecule has 2 unspecified atom stereocenters. The Bertz CT molecular complexity index is 1820. The van der Waals surface area contributed by atoms with Gasteiger partial charge in [-0.05, 0) is 116 Å². The van der Waals surface area contributed by atoms with Crippen LogP contribution in [0, 0.1) is 0 Å². The van der Waals surface area contributed by atoms with Crippen molar-refractivity contribution in [2.75, 3.05) is 47.5 Å². The van der Waals surface area contributed by atoms with Gasteiger partial charge in [0.15, 0.2) is 12.4 Å². The van der Waals surface area contributed by atoms with E-state index < -0.39 is 24.3 Å². The van der Waals surface area contributed by atoms with Crippen molar-refractivity contribution < 1.29 is 42.9 Å². The highest BCUT2D eigenvalue weighted by Gasteiger charge is 2.22. The average Bonchev–Trinajstić information content (AvgIpc) is 3.46. The molecule has 0 bridgehead atoms. The Morgan fingerprint density at radius 3 is 1.04 bits per heavy atom. The van der Waals surface area contributed by atoms with E-state index in [1.54, 1.807) is 0 Å². The van der Waals surface area contributed by atoms with Gasteiger partial charge < -0.3 is 33.3 Å². The molecule has 9 nitrogen and oxygen atoms in total. The van der Waals surface area contributed by atoms with Gasteiger partial charge in [-0.3, -0.25) is 9.59 Å². The molecule has 83 heavy (non-hydrogen) atoms. The molecule has 0 aromatic carbocycles. The number of nitrogens with zero attached hydrogens (tertiary/aromatic N) is 1. The highest BCUT2D eigenvalue weighted by molar-refractivity contribution is 5.70. The van der Waals surface area contributed by atoms with Crippen LogP contribution in [0.2, 0.25) is 0 Å². The first-order valence-corrected chi connectivity index (χ1v) is 33.3. The summed E-state index contributed by atoms with van der Waals surface area (Å²) in [5.41, 5.74) is 0. The fourth-order valence-electron chi connectivity index (χ4n) is 8.79. The van der Waals surface area contributed by atoms with E-state index in [1.807, 2.05) is 21.1 Å². The lowest BCUT2D eigenvalue weighted by atomic mass is 10.1. The molecule has 0 amide bonds. The van der Waals surface area contributed by atoms with Crippen molar-refractivity contribution in [2.24, 2.45) is 0 Å². The summed E-state index contributed by atoms with van der Waals surface area (Å²) in [6.45, 7) is 4.61. The maximum absolute atomic E-state index is 12.9. The highest BCUT2D eigenvalue weighted by atomic mass is 16.7. The van der Waals surface area contributed by atoms with Crippen LogP contribution in [0.4, 0.5) is 0 Å². The predicted molar refractivity (Wildman–Crippen MR) is 352 cm³/mol. The SMILES string of the molecule is CC/C=C\C/C=C\C/C=C\C/C=C\C/C=C\C/C=C\C/C=C\C/C=C\C/C=C\C/C=C\CCCCCCCCC(=O)OC(COC(=O)CCCCCCCCCCC/C=C\CCCCCCCCCC)COC(OCC[N+](C)(C)C)C(=O)[O-]. The minimum atomic E-state index is -1.63. The number of allylic oxidation sites excluding steroid dienone is 22. The monoisotopic (exact) mass is 1150 g/mol. The Labute approximate surface area is 509 Å². The first-order chi connectivity index (χ1) is 40.6. The maximum atomic E-state index is 12.9. The van der Waals surface area contributed by atoms with Gasteiger partial charge in [0.25, 0.3) is 0 Å². The summed E-state index contributed by atoms with van der Waals surface area (Å²) in [5, 5.41) is 11.8. The Morgan fingerprint density at radius 2 is 0.687 bits per heavy atom. The molecule has 0 aliphatic rings. The summed E-state index contributed by atoms with van der Waals surface area (Å²) in [5.74, 6) is -2.31. The molecule has 0 aromatic rings. The number of carboxylic acid groups (broad SMARTS) is 1. The number of carbonyl (C=O) groups excluding carboxylic acids is 3. The fourth-order valence-corrected chi connectivity index (χ4v) is 8.79. The van der Waals surface area contributed by atoms with Gasteiger partial charge in [-0.15, -0.1) is 0 Å². The van der Waals surface area contributed by atoms with E-state index in [9.17, 15) is 19.5 Å². The maximum Gasteiger partial charge on any atom is 0.306 e.